The van der Waals surface area contributed by atoms with E-state index in [0.29, 0.717) is 0 Å². The monoisotopic (exact) mass is 499 g/mol. The molecule has 182 valence electrons. The quantitative estimate of drug-likeness (QED) is 0.228. The standard InChI is InChI=1S/C35H21N3O/c1-2-11-22(12-3-1)34-26-21-25(28-17-10-18-30(37-28)29-16-8-9-20-36-29)35-33(24-14-5-7-19-31(24)39-35)32(26)23-13-4-6-15-27(23)38-34/h1-21H. The maximum atomic E-state index is 6.61. The average Bonchev–Trinajstić information content (AvgIpc) is 3.41. The highest BCUT2D eigenvalue weighted by atomic mass is 16.3. The molecule has 0 saturated heterocycles. The van der Waals surface area contributed by atoms with Gasteiger partial charge in [-0.1, -0.05) is 78.9 Å². The highest BCUT2D eigenvalue weighted by molar-refractivity contribution is 6.30. The summed E-state index contributed by atoms with van der Waals surface area (Å²) >= 11 is 0. The van der Waals surface area contributed by atoms with E-state index in [1.54, 1.807) is 6.20 Å². The van der Waals surface area contributed by atoms with Crippen LogP contribution in [-0.2, 0) is 0 Å². The SMILES string of the molecule is c1ccc(-c2nc3ccccc3c3c2cc(-c2cccc(-c4ccccn4)n2)c2oc4ccccc4c23)cc1. The number of furan rings is 1. The van der Waals surface area contributed by atoms with Crippen LogP contribution in [0.1, 0.15) is 0 Å². The molecule has 0 aliphatic carbocycles. The second kappa shape index (κ2) is 8.61. The van der Waals surface area contributed by atoms with E-state index in [2.05, 4.69) is 65.6 Å². The largest absolute Gasteiger partial charge is 0.455 e. The third kappa shape index (κ3) is 3.42. The Kier molecular flexibility index (Phi) is 4.79. The van der Waals surface area contributed by atoms with Crippen molar-refractivity contribution >= 4 is 43.6 Å². The lowest BCUT2D eigenvalue weighted by atomic mass is 9.93. The molecular formula is C35H21N3O. The van der Waals surface area contributed by atoms with Crippen LogP contribution in [0.25, 0.3) is 77.5 Å². The summed E-state index contributed by atoms with van der Waals surface area (Å²) in [5.41, 5.74) is 8.06. The van der Waals surface area contributed by atoms with Crippen molar-refractivity contribution in [2.24, 2.45) is 0 Å². The predicted octanol–water partition coefficient (Wildman–Crippen LogP) is 9.08. The predicted molar refractivity (Wildman–Crippen MR) is 158 cm³/mol. The summed E-state index contributed by atoms with van der Waals surface area (Å²) in [7, 11) is 0. The number of nitrogens with zero attached hydrogens (tertiary/aromatic N) is 3. The second-order valence-electron chi connectivity index (χ2n) is 9.62. The molecule has 0 spiro atoms. The van der Waals surface area contributed by atoms with Crippen molar-refractivity contribution in [2.75, 3.05) is 0 Å². The lowest BCUT2D eigenvalue weighted by Gasteiger charge is -2.14. The normalized spacial score (nSPS) is 11.6. The maximum Gasteiger partial charge on any atom is 0.145 e. The molecule has 4 heterocycles. The van der Waals surface area contributed by atoms with Crippen LogP contribution in [0.2, 0.25) is 0 Å². The van der Waals surface area contributed by atoms with E-state index in [9.17, 15) is 0 Å². The van der Waals surface area contributed by atoms with Gasteiger partial charge in [0.25, 0.3) is 0 Å². The van der Waals surface area contributed by atoms with Crippen LogP contribution >= 0.6 is 0 Å². The van der Waals surface area contributed by atoms with Gasteiger partial charge in [0, 0.05) is 44.3 Å². The van der Waals surface area contributed by atoms with Gasteiger partial charge >= 0.3 is 0 Å². The molecule has 0 aliphatic heterocycles. The van der Waals surface area contributed by atoms with E-state index in [1.165, 1.54) is 0 Å². The molecule has 4 nitrogen and oxygen atoms in total. The Morgan fingerprint density at radius 1 is 0.513 bits per heavy atom. The molecule has 39 heavy (non-hydrogen) atoms. The van der Waals surface area contributed by atoms with Gasteiger partial charge in [0.1, 0.15) is 11.2 Å². The van der Waals surface area contributed by atoms with Crippen molar-refractivity contribution in [3.8, 4) is 33.9 Å². The van der Waals surface area contributed by atoms with Gasteiger partial charge in [0.05, 0.1) is 28.3 Å². The van der Waals surface area contributed by atoms with Gasteiger partial charge in [-0.25, -0.2) is 9.97 Å². The molecule has 4 aromatic carbocycles. The van der Waals surface area contributed by atoms with E-state index >= 15 is 0 Å². The fourth-order valence-electron chi connectivity index (χ4n) is 5.58. The van der Waals surface area contributed by atoms with Crippen LogP contribution in [0.15, 0.2) is 132 Å². The Balaban J connectivity index is 1.56. The second-order valence-corrected chi connectivity index (χ2v) is 9.62. The summed E-state index contributed by atoms with van der Waals surface area (Å²) in [5, 5.41) is 5.48. The summed E-state index contributed by atoms with van der Waals surface area (Å²) in [4.78, 5) is 14.8. The number of benzene rings is 4. The Bertz CT molecular complexity index is 2170. The van der Waals surface area contributed by atoms with E-state index in [4.69, 9.17) is 14.4 Å². The minimum Gasteiger partial charge on any atom is -0.455 e. The van der Waals surface area contributed by atoms with Gasteiger partial charge in [-0.2, -0.15) is 0 Å². The smallest absolute Gasteiger partial charge is 0.145 e. The minimum atomic E-state index is 0.817. The van der Waals surface area contributed by atoms with Gasteiger partial charge in [-0.05, 0) is 42.5 Å². The molecule has 0 fully saturated rings. The Morgan fingerprint density at radius 3 is 2.13 bits per heavy atom. The fourth-order valence-corrected chi connectivity index (χ4v) is 5.58. The van der Waals surface area contributed by atoms with E-state index < -0.39 is 0 Å². The van der Waals surface area contributed by atoms with Crippen LogP contribution in [0, 0.1) is 0 Å². The van der Waals surface area contributed by atoms with E-state index in [0.717, 1.165) is 77.5 Å². The van der Waals surface area contributed by atoms with Gasteiger partial charge in [-0.3, -0.25) is 4.98 Å². The molecule has 8 rings (SSSR count). The van der Waals surface area contributed by atoms with Crippen molar-refractivity contribution in [1.82, 2.24) is 15.0 Å². The van der Waals surface area contributed by atoms with Crippen LogP contribution in [0.4, 0.5) is 0 Å². The molecule has 0 aliphatic rings. The molecule has 4 aromatic heterocycles. The minimum absolute atomic E-state index is 0.817. The lowest BCUT2D eigenvalue weighted by Crippen LogP contribution is -1.94. The highest BCUT2D eigenvalue weighted by Gasteiger charge is 2.21. The maximum absolute atomic E-state index is 6.61. The number of fused-ring (bicyclic) bond motifs is 7. The van der Waals surface area contributed by atoms with Crippen molar-refractivity contribution in [3.05, 3.63) is 128 Å². The highest BCUT2D eigenvalue weighted by Crippen LogP contribution is 2.45. The number of aromatic nitrogens is 3. The first kappa shape index (κ1) is 21.7. The zero-order valence-corrected chi connectivity index (χ0v) is 20.9. The molecule has 0 atom stereocenters. The number of hydrogen-bond acceptors (Lipinski definition) is 4. The molecule has 0 unspecified atom stereocenters. The van der Waals surface area contributed by atoms with Crippen LogP contribution in [0.3, 0.4) is 0 Å². The van der Waals surface area contributed by atoms with Gasteiger partial charge in [-0.15, -0.1) is 0 Å². The number of pyridine rings is 3. The summed E-state index contributed by atoms with van der Waals surface area (Å²) in [5.74, 6) is 0. The molecule has 0 N–H and O–H groups in total. The van der Waals surface area contributed by atoms with Crippen LogP contribution < -0.4 is 0 Å². The summed E-state index contributed by atoms with van der Waals surface area (Å²) < 4.78 is 6.61. The van der Waals surface area contributed by atoms with Crippen molar-refractivity contribution < 1.29 is 4.42 Å². The molecule has 0 amide bonds. The van der Waals surface area contributed by atoms with Gasteiger partial charge < -0.3 is 4.42 Å². The Labute approximate surface area is 224 Å². The molecule has 0 radical (unpaired) electrons. The van der Waals surface area contributed by atoms with Crippen molar-refractivity contribution in [3.63, 3.8) is 0 Å². The first-order valence-corrected chi connectivity index (χ1v) is 13.0. The van der Waals surface area contributed by atoms with E-state index in [1.807, 2.05) is 60.7 Å². The van der Waals surface area contributed by atoms with Gasteiger partial charge in [0.15, 0.2) is 0 Å². The first-order chi connectivity index (χ1) is 19.3. The number of para-hydroxylation sites is 2. The fraction of sp³-hybridized carbons (Fsp3) is 0. The summed E-state index contributed by atoms with van der Waals surface area (Å²) in [6, 6.07) is 41.1. The first-order valence-electron chi connectivity index (χ1n) is 13.0. The zero-order valence-electron chi connectivity index (χ0n) is 20.9. The topological polar surface area (TPSA) is 51.8 Å². The number of hydrogen-bond donors (Lipinski definition) is 0. The molecule has 0 saturated carbocycles. The molecule has 0 bridgehead atoms. The summed E-state index contributed by atoms with van der Waals surface area (Å²) in [6.07, 6.45) is 1.79. The third-order valence-electron chi connectivity index (χ3n) is 7.31. The summed E-state index contributed by atoms with van der Waals surface area (Å²) in [6.45, 7) is 0. The average molecular weight is 500 g/mol. The molecular weight excluding hydrogens is 478 g/mol. The van der Waals surface area contributed by atoms with Crippen LogP contribution in [-0.4, -0.2) is 15.0 Å². The van der Waals surface area contributed by atoms with Crippen molar-refractivity contribution in [2.45, 2.75) is 0 Å². The zero-order chi connectivity index (χ0) is 25.8. The molecule has 8 aromatic rings. The Morgan fingerprint density at radius 2 is 1.26 bits per heavy atom. The van der Waals surface area contributed by atoms with Crippen molar-refractivity contribution in [1.29, 1.82) is 0 Å². The number of rotatable bonds is 3. The van der Waals surface area contributed by atoms with E-state index in [-0.39, 0.29) is 0 Å². The molecule has 4 heteroatoms. The lowest BCUT2D eigenvalue weighted by molar-refractivity contribution is 0.670. The van der Waals surface area contributed by atoms with Gasteiger partial charge in [0.2, 0.25) is 0 Å². The van der Waals surface area contributed by atoms with Crippen LogP contribution in [0.5, 0.6) is 0 Å². The Hall–Kier alpha value is -5.35. The third-order valence-corrected chi connectivity index (χ3v) is 7.31.